The summed E-state index contributed by atoms with van der Waals surface area (Å²) in [4.78, 5) is 10.6. The van der Waals surface area contributed by atoms with Crippen molar-refractivity contribution in [2.24, 2.45) is 5.92 Å². The Hall–Kier alpha value is -1.62. The zero-order valence-corrected chi connectivity index (χ0v) is 11.0. The molecule has 5 nitrogen and oxygen atoms in total. The van der Waals surface area contributed by atoms with E-state index >= 15 is 0 Å². The molecule has 0 aliphatic rings. The van der Waals surface area contributed by atoms with Crippen LogP contribution >= 0.6 is 0 Å². The van der Waals surface area contributed by atoms with Gasteiger partial charge in [0.25, 0.3) is 5.69 Å². The molecule has 0 aliphatic carbocycles. The van der Waals surface area contributed by atoms with Crippen LogP contribution in [-0.2, 0) is 0 Å². The highest BCUT2D eigenvalue weighted by atomic mass is 16.6. The molecule has 0 spiro atoms. The number of nitro groups is 1. The van der Waals surface area contributed by atoms with Crippen molar-refractivity contribution in [3.8, 4) is 0 Å². The van der Waals surface area contributed by atoms with Crippen molar-refractivity contribution in [3.05, 3.63) is 33.9 Å². The molecule has 1 unspecified atom stereocenters. The molecule has 0 fully saturated rings. The molecule has 1 aromatic carbocycles. The molecule has 0 amide bonds. The van der Waals surface area contributed by atoms with E-state index in [4.69, 9.17) is 0 Å². The standard InChI is InChI=1S/C13H20N2O3/c1-9(2)7-11(16)8-14-12-6-4-5-10(3)13(12)15(17)18/h4-6,9,11,14,16H,7-8H2,1-3H3. The van der Waals surface area contributed by atoms with Gasteiger partial charge in [0.1, 0.15) is 5.69 Å². The summed E-state index contributed by atoms with van der Waals surface area (Å²) in [5.41, 5.74) is 1.15. The van der Waals surface area contributed by atoms with Gasteiger partial charge >= 0.3 is 0 Å². The van der Waals surface area contributed by atoms with Crippen molar-refractivity contribution in [1.82, 2.24) is 0 Å². The van der Waals surface area contributed by atoms with Crippen molar-refractivity contribution < 1.29 is 10.0 Å². The number of nitrogens with one attached hydrogen (secondary N) is 1. The Balaban J connectivity index is 2.73. The number of hydrogen-bond acceptors (Lipinski definition) is 4. The van der Waals surface area contributed by atoms with Crippen LogP contribution in [0.3, 0.4) is 0 Å². The van der Waals surface area contributed by atoms with Crippen molar-refractivity contribution >= 4 is 11.4 Å². The number of para-hydroxylation sites is 1. The van der Waals surface area contributed by atoms with Gasteiger partial charge in [-0.25, -0.2) is 0 Å². The van der Waals surface area contributed by atoms with Crippen LogP contribution in [-0.4, -0.2) is 22.7 Å². The molecule has 0 heterocycles. The van der Waals surface area contributed by atoms with E-state index in [1.165, 1.54) is 0 Å². The highest BCUT2D eigenvalue weighted by Crippen LogP contribution is 2.27. The van der Waals surface area contributed by atoms with Crippen LogP contribution in [0.25, 0.3) is 0 Å². The molecule has 5 heteroatoms. The lowest BCUT2D eigenvalue weighted by atomic mass is 10.1. The van der Waals surface area contributed by atoms with Gasteiger partial charge in [-0.2, -0.15) is 0 Å². The molecule has 0 bridgehead atoms. The first kappa shape index (κ1) is 14.4. The lowest BCUT2D eigenvalue weighted by Gasteiger charge is -2.15. The number of aliphatic hydroxyl groups is 1. The molecule has 18 heavy (non-hydrogen) atoms. The zero-order chi connectivity index (χ0) is 13.7. The third-order valence-corrected chi connectivity index (χ3v) is 2.69. The van der Waals surface area contributed by atoms with Gasteiger partial charge in [0, 0.05) is 12.1 Å². The monoisotopic (exact) mass is 252 g/mol. The number of nitro benzene ring substituents is 1. The SMILES string of the molecule is Cc1cccc(NCC(O)CC(C)C)c1[N+](=O)[O-]. The summed E-state index contributed by atoms with van der Waals surface area (Å²) in [7, 11) is 0. The van der Waals surface area contributed by atoms with Crippen molar-refractivity contribution in [1.29, 1.82) is 0 Å². The Labute approximate surface area is 107 Å². The number of rotatable bonds is 6. The molecule has 0 radical (unpaired) electrons. The van der Waals surface area contributed by atoms with Crippen LogP contribution in [0.1, 0.15) is 25.8 Å². The van der Waals surface area contributed by atoms with Crippen molar-refractivity contribution in [2.45, 2.75) is 33.3 Å². The predicted molar refractivity (Wildman–Crippen MR) is 71.8 cm³/mol. The van der Waals surface area contributed by atoms with E-state index in [2.05, 4.69) is 5.32 Å². The molecule has 2 N–H and O–H groups in total. The predicted octanol–water partition coefficient (Wildman–Crippen LogP) is 2.72. The highest BCUT2D eigenvalue weighted by Gasteiger charge is 2.17. The number of benzene rings is 1. The molecular weight excluding hydrogens is 232 g/mol. The number of aliphatic hydroxyl groups excluding tert-OH is 1. The van der Waals surface area contributed by atoms with Crippen LogP contribution in [0.4, 0.5) is 11.4 Å². The third-order valence-electron chi connectivity index (χ3n) is 2.69. The summed E-state index contributed by atoms with van der Waals surface area (Å²) < 4.78 is 0. The van der Waals surface area contributed by atoms with E-state index in [9.17, 15) is 15.2 Å². The molecule has 1 rings (SSSR count). The molecule has 0 saturated carbocycles. The second kappa shape index (κ2) is 6.35. The van der Waals surface area contributed by atoms with E-state index in [-0.39, 0.29) is 5.69 Å². The fourth-order valence-electron chi connectivity index (χ4n) is 1.90. The van der Waals surface area contributed by atoms with Gasteiger partial charge in [-0.15, -0.1) is 0 Å². The minimum absolute atomic E-state index is 0.0780. The van der Waals surface area contributed by atoms with Gasteiger partial charge in [-0.05, 0) is 25.3 Å². The maximum Gasteiger partial charge on any atom is 0.295 e. The Morgan fingerprint density at radius 1 is 1.44 bits per heavy atom. The third kappa shape index (κ3) is 4.00. The molecule has 100 valence electrons. The molecular formula is C13H20N2O3. The van der Waals surface area contributed by atoms with Crippen LogP contribution in [0.2, 0.25) is 0 Å². The van der Waals surface area contributed by atoms with E-state index < -0.39 is 11.0 Å². The van der Waals surface area contributed by atoms with E-state index in [0.29, 0.717) is 30.1 Å². The summed E-state index contributed by atoms with van der Waals surface area (Å²) in [6.07, 6.45) is 0.178. The lowest BCUT2D eigenvalue weighted by Crippen LogP contribution is -2.21. The van der Waals surface area contributed by atoms with Gasteiger partial charge in [0.2, 0.25) is 0 Å². The Morgan fingerprint density at radius 3 is 2.67 bits per heavy atom. The summed E-state index contributed by atoms with van der Waals surface area (Å²) in [6, 6.07) is 5.13. The first-order valence-electron chi connectivity index (χ1n) is 6.07. The average molecular weight is 252 g/mol. The molecule has 0 aromatic heterocycles. The maximum absolute atomic E-state index is 11.0. The summed E-state index contributed by atoms with van der Waals surface area (Å²) in [5.74, 6) is 0.397. The first-order valence-corrected chi connectivity index (χ1v) is 6.07. The second-order valence-electron chi connectivity index (χ2n) is 4.89. The molecule has 0 saturated heterocycles. The van der Waals surface area contributed by atoms with Crippen molar-refractivity contribution in [3.63, 3.8) is 0 Å². The Bertz CT molecular complexity index is 419. The van der Waals surface area contributed by atoms with Gasteiger partial charge in [-0.3, -0.25) is 10.1 Å². The number of anilines is 1. The average Bonchev–Trinajstić information content (AvgIpc) is 2.24. The van der Waals surface area contributed by atoms with Crippen LogP contribution in [0, 0.1) is 23.0 Å². The summed E-state index contributed by atoms with van der Waals surface area (Å²) in [5, 5.41) is 23.7. The fourth-order valence-corrected chi connectivity index (χ4v) is 1.90. The van der Waals surface area contributed by atoms with Crippen LogP contribution in [0.15, 0.2) is 18.2 Å². The number of hydrogen-bond donors (Lipinski definition) is 2. The topological polar surface area (TPSA) is 75.4 Å². The van der Waals surface area contributed by atoms with Gasteiger partial charge in [0.15, 0.2) is 0 Å². The quantitative estimate of drug-likeness (QED) is 0.603. The Morgan fingerprint density at radius 2 is 2.11 bits per heavy atom. The normalized spacial score (nSPS) is 12.5. The molecule has 1 atom stereocenters. The Kier molecular flexibility index (Phi) is 5.09. The van der Waals surface area contributed by atoms with Gasteiger partial charge < -0.3 is 10.4 Å². The maximum atomic E-state index is 11.0. The summed E-state index contributed by atoms with van der Waals surface area (Å²) in [6.45, 7) is 6.08. The van der Waals surface area contributed by atoms with E-state index in [1.54, 1.807) is 25.1 Å². The van der Waals surface area contributed by atoms with Crippen LogP contribution < -0.4 is 5.32 Å². The second-order valence-corrected chi connectivity index (χ2v) is 4.89. The highest BCUT2D eigenvalue weighted by molar-refractivity contribution is 5.65. The largest absolute Gasteiger partial charge is 0.391 e. The minimum Gasteiger partial charge on any atom is -0.391 e. The number of nitrogens with zero attached hydrogens (tertiary/aromatic N) is 1. The van der Waals surface area contributed by atoms with Gasteiger partial charge in [0.05, 0.1) is 11.0 Å². The lowest BCUT2D eigenvalue weighted by molar-refractivity contribution is -0.384. The number of aryl methyl sites for hydroxylation is 1. The first-order chi connectivity index (χ1) is 8.41. The van der Waals surface area contributed by atoms with Crippen LogP contribution in [0.5, 0.6) is 0 Å². The smallest absolute Gasteiger partial charge is 0.295 e. The zero-order valence-electron chi connectivity index (χ0n) is 11.0. The molecule has 0 aliphatic heterocycles. The van der Waals surface area contributed by atoms with Gasteiger partial charge in [-0.1, -0.05) is 26.0 Å². The van der Waals surface area contributed by atoms with E-state index in [0.717, 1.165) is 0 Å². The van der Waals surface area contributed by atoms with E-state index in [1.807, 2.05) is 13.8 Å². The summed E-state index contributed by atoms with van der Waals surface area (Å²) >= 11 is 0. The fraction of sp³-hybridized carbons (Fsp3) is 0.538. The van der Waals surface area contributed by atoms with Crippen molar-refractivity contribution in [2.75, 3.05) is 11.9 Å². The minimum atomic E-state index is -0.495. The molecule has 1 aromatic rings.